The Balaban J connectivity index is 1.43. The van der Waals surface area contributed by atoms with E-state index in [9.17, 15) is 4.79 Å². The zero-order valence-corrected chi connectivity index (χ0v) is 10.4. The van der Waals surface area contributed by atoms with Crippen molar-refractivity contribution >= 4 is 5.91 Å². The number of H-pyrrole nitrogens is 1. The average Bonchev–Trinajstić information content (AvgIpc) is 2.85. The molecule has 1 aromatic rings. The van der Waals surface area contributed by atoms with Gasteiger partial charge in [-0.3, -0.25) is 4.79 Å². The smallest absolute Gasteiger partial charge is 0.223 e. The predicted molar refractivity (Wildman–Crippen MR) is 65.7 cm³/mol. The number of nitrogens with zero attached hydrogens (tertiary/aromatic N) is 2. The molecule has 1 aliphatic carbocycles. The number of nitrogens with one attached hydrogen (secondary N) is 3. The van der Waals surface area contributed by atoms with Gasteiger partial charge in [0.05, 0.1) is 11.9 Å². The molecule has 1 aromatic heterocycles. The van der Waals surface area contributed by atoms with Gasteiger partial charge < -0.3 is 10.6 Å². The fourth-order valence-corrected chi connectivity index (χ4v) is 2.98. The molecule has 1 saturated heterocycles. The molecule has 1 amide bonds. The Morgan fingerprint density at radius 3 is 3.06 bits per heavy atom. The maximum atomic E-state index is 12.0. The van der Waals surface area contributed by atoms with E-state index in [1.54, 1.807) is 6.20 Å². The lowest BCUT2D eigenvalue weighted by atomic mass is 9.92. The van der Waals surface area contributed by atoms with Gasteiger partial charge in [-0.15, -0.1) is 0 Å². The number of aromatic nitrogens is 3. The maximum Gasteiger partial charge on any atom is 0.223 e. The monoisotopic (exact) mass is 249 g/mol. The van der Waals surface area contributed by atoms with Crippen LogP contribution in [0.25, 0.3) is 0 Å². The van der Waals surface area contributed by atoms with Crippen molar-refractivity contribution in [1.29, 1.82) is 0 Å². The molecular formula is C12H19N5O. The number of carbonyl (C=O) groups excluding carboxylic acids is 1. The van der Waals surface area contributed by atoms with Crippen molar-refractivity contribution < 1.29 is 4.79 Å². The van der Waals surface area contributed by atoms with Gasteiger partial charge in [-0.1, -0.05) is 0 Å². The van der Waals surface area contributed by atoms with Crippen LogP contribution in [0, 0.1) is 11.3 Å². The van der Waals surface area contributed by atoms with E-state index in [4.69, 9.17) is 0 Å². The van der Waals surface area contributed by atoms with Crippen molar-refractivity contribution in [3.63, 3.8) is 0 Å². The summed E-state index contributed by atoms with van der Waals surface area (Å²) in [5, 5.41) is 16.6. The van der Waals surface area contributed by atoms with E-state index in [0.29, 0.717) is 12.0 Å². The topological polar surface area (TPSA) is 82.7 Å². The summed E-state index contributed by atoms with van der Waals surface area (Å²) >= 11 is 0. The summed E-state index contributed by atoms with van der Waals surface area (Å²) in [4.78, 5) is 12.0. The SMILES string of the molecule is O=C(NCCc1cn[nH]n1)C1CC12CCNCC2. The molecule has 0 radical (unpaired) electrons. The molecule has 2 fully saturated rings. The highest BCUT2D eigenvalue weighted by atomic mass is 16.2. The van der Waals surface area contributed by atoms with Gasteiger partial charge in [0.1, 0.15) is 0 Å². The summed E-state index contributed by atoms with van der Waals surface area (Å²) in [5.41, 5.74) is 1.21. The van der Waals surface area contributed by atoms with Crippen LogP contribution in [0.3, 0.4) is 0 Å². The summed E-state index contributed by atoms with van der Waals surface area (Å²) in [7, 11) is 0. The van der Waals surface area contributed by atoms with Crippen LogP contribution in [0.4, 0.5) is 0 Å². The third-order valence-electron chi connectivity index (χ3n) is 4.25. The summed E-state index contributed by atoms with van der Waals surface area (Å²) in [6.07, 6.45) is 5.80. The van der Waals surface area contributed by atoms with Gasteiger partial charge in [0.2, 0.25) is 5.91 Å². The number of aromatic amines is 1. The van der Waals surface area contributed by atoms with Gasteiger partial charge in [0, 0.05) is 18.9 Å². The van der Waals surface area contributed by atoms with Crippen LogP contribution in [0.15, 0.2) is 6.20 Å². The van der Waals surface area contributed by atoms with E-state index in [1.807, 2.05) is 0 Å². The predicted octanol–water partition coefficient (Wildman–Crippen LogP) is -0.147. The van der Waals surface area contributed by atoms with Crippen LogP contribution in [0.2, 0.25) is 0 Å². The first kappa shape index (κ1) is 11.6. The lowest BCUT2D eigenvalue weighted by Gasteiger charge is -2.23. The van der Waals surface area contributed by atoms with Crippen LogP contribution in [0.5, 0.6) is 0 Å². The Morgan fingerprint density at radius 2 is 2.33 bits per heavy atom. The molecule has 0 bridgehead atoms. The molecule has 2 aliphatic rings. The second-order valence-electron chi connectivity index (χ2n) is 5.37. The minimum absolute atomic E-state index is 0.223. The fraction of sp³-hybridized carbons (Fsp3) is 0.750. The van der Waals surface area contributed by atoms with E-state index >= 15 is 0 Å². The highest BCUT2D eigenvalue weighted by Gasteiger charge is 2.57. The second-order valence-corrected chi connectivity index (χ2v) is 5.37. The minimum Gasteiger partial charge on any atom is -0.355 e. The first-order chi connectivity index (χ1) is 8.80. The van der Waals surface area contributed by atoms with Crippen LogP contribution in [-0.4, -0.2) is 41.0 Å². The van der Waals surface area contributed by atoms with E-state index in [2.05, 4.69) is 26.0 Å². The molecule has 0 aromatic carbocycles. The number of rotatable bonds is 4. The Morgan fingerprint density at radius 1 is 1.50 bits per heavy atom. The summed E-state index contributed by atoms with van der Waals surface area (Å²) in [6.45, 7) is 2.77. The lowest BCUT2D eigenvalue weighted by molar-refractivity contribution is -0.123. The van der Waals surface area contributed by atoms with Crippen LogP contribution >= 0.6 is 0 Å². The number of amides is 1. The highest BCUT2D eigenvalue weighted by Crippen LogP contribution is 2.58. The molecular weight excluding hydrogens is 230 g/mol. The molecule has 18 heavy (non-hydrogen) atoms. The van der Waals surface area contributed by atoms with E-state index in [1.165, 1.54) is 0 Å². The normalized spacial score (nSPS) is 25.0. The third kappa shape index (κ3) is 2.25. The highest BCUT2D eigenvalue weighted by molar-refractivity contribution is 5.82. The number of piperidine rings is 1. The van der Waals surface area contributed by atoms with E-state index in [0.717, 1.165) is 44.5 Å². The van der Waals surface area contributed by atoms with Gasteiger partial charge in [-0.25, -0.2) is 0 Å². The summed E-state index contributed by atoms with van der Waals surface area (Å²) in [5.74, 6) is 0.470. The Labute approximate surface area is 106 Å². The van der Waals surface area contributed by atoms with E-state index in [-0.39, 0.29) is 11.8 Å². The Kier molecular flexibility index (Phi) is 3.03. The van der Waals surface area contributed by atoms with Gasteiger partial charge in [-0.2, -0.15) is 15.4 Å². The second kappa shape index (κ2) is 4.68. The molecule has 1 aliphatic heterocycles. The first-order valence-corrected chi connectivity index (χ1v) is 6.63. The van der Waals surface area contributed by atoms with Crippen LogP contribution in [-0.2, 0) is 11.2 Å². The molecule has 2 heterocycles. The van der Waals surface area contributed by atoms with E-state index < -0.39 is 0 Å². The van der Waals surface area contributed by atoms with Crippen molar-refractivity contribution in [2.75, 3.05) is 19.6 Å². The van der Waals surface area contributed by atoms with Gasteiger partial charge in [0.15, 0.2) is 0 Å². The van der Waals surface area contributed by atoms with Gasteiger partial charge in [0.25, 0.3) is 0 Å². The first-order valence-electron chi connectivity index (χ1n) is 6.63. The third-order valence-corrected chi connectivity index (χ3v) is 4.25. The van der Waals surface area contributed by atoms with Crippen molar-refractivity contribution in [2.45, 2.75) is 25.7 Å². The average molecular weight is 249 g/mol. The standard InChI is InChI=1S/C12H19N5O/c18-11(14-4-1-9-8-15-17-16-9)10-7-12(10)2-5-13-6-3-12/h8,10,13H,1-7H2,(H,14,18)(H,15,16,17). The van der Waals surface area contributed by atoms with Crippen LogP contribution in [0.1, 0.15) is 25.0 Å². The fourth-order valence-electron chi connectivity index (χ4n) is 2.98. The molecule has 1 atom stereocenters. The zero-order chi connectivity index (χ0) is 12.4. The quantitative estimate of drug-likeness (QED) is 0.693. The van der Waals surface area contributed by atoms with Crippen molar-refractivity contribution in [3.8, 4) is 0 Å². The Bertz CT molecular complexity index is 410. The minimum atomic E-state index is 0.223. The molecule has 1 spiro atoms. The molecule has 3 rings (SSSR count). The molecule has 6 nitrogen and oxygen atoms in total. The molecule has 1 saturated carbocycles. The summed E-state index contributed by atoms with van der Waals surface area (Å²) in [6, 6.07) is 0. The number of carbonyl (C=O) groups is 1. The van der Waals surface area contributed by atoms with Gasteiger partial charge >= 0.3 is 0 Å². The molecule has 3 N–H and O–H groups in total. The Hall–Kier alpha value is -1.43. The lowest BCUT2D eigenvalue weighted by Crippen LogP contribution is -2.34. The molecule has 6 heteroatoms. The molecule has 98 valence electrons. The zero-order valence-electron chi connectivity index (χ0n) is 10.4. The van der Waals surface area contributed by atoms with Crippen molar-refractivity contribution in [3.05, 3.63) is 11.9 Å². The molecule has 1 unspecified atom stereocenters. The summed E-state index contributed by atoms with van der Waals surface area (Å²) < 4.78 is 0. The van der Waals surface area contributed by atoms with Crippen molar-refractivity contribution in [1.82, 2.24) is 26.0 Å². The van der Waals surface area contributed by atoms with Gasteiger partial charge in [-0.05, 0) is 37.8 Å². The van der Waals surface area contributed by atoms with Crippen molar-refractivity contribution in [2.24, 2.45) is 11.3 Å². The largest absolute Gasteiger partial charge is 0.355 e. The number of hydrogen-bond acceptors (Lipinski definition) is 4. The van der Waals surface area contributed by atoms with Crippen LogP contribution < -0.4 is 10.6 Å². The number of hydrogen-bond donors (Lipinski definition) is 3. The maximum absolute atomic E-state index is 12.0.